The molecule has 1 aromatic carbocycles. The molecular formula is C13H9ClN2O5. The molecule has 0 amide bonds. The Morgan fingerprint density at radius 1 is 1.38 bits per heavy atom. The third-order valence-corrected chi connectivity index (χ3v) is 2.87. The second kappa shape index (κ2) is 5.76. The Kier molecular flexibility index (Phi) is 4.04. The number of pyridine rings is 1. The first-order valence-corrected chi connectivity index (χ1v) is 6.08. The Balaban J connectivity index is 2.40. The maximum absolute atomic E-state index is 11.1. The SMILES string of the molecule is Cc1cc(Oc2ccc([N+](=O)[O-])cc2Cl)c(C(=O)O)cn1. The van der Waals surface area contributed by atoms with Gasteiger partial charge in [-0.1, -0.05) is 11.6 Å². The van der Waals surface area contributed by atoms with Crippen LogP contribution in [0, 0.1) is 17.0 Å². The fourth-order valence-corrected chi connectivity index (χ4v) is 1.80. The maximum atomic E-state index is 11.1. The predicted octanol–water partition coefficient (Wildman–Crippen LogP) is 3.44. The van der Waals surface area contributed by atoms with E-state index < -0.39 is 10.9 Å². The molecule has 7 nitrogen and oxygen atoms in total. The number of hydrogen-bond acceptors (Lipinski definition) is 5. The van der Waals surface area contributed by atoms with Crippen molar-refractivity contribution in [3.05, 3.63) is 56.9 Å². The molecule has 0 bridgehead atoms. The van der Waals surface area contributed by atoms with Crippen LogP contribution >= 0.6 is 11.6 Å². The third-order valence-electron chi connectivity index (χ3n) is 2.58. The number of ether oxygens (including phenoxy) is 1. The Bertz CT molecular complexity index is 732. The first-order valence-electron chi connectivity index (χ1n) is 5.70. The van der Waals surface area contributed by atoms with Crippen LogP contribution in [0.4, 0.5) is 5.69 Å². The van der Waals surface area contributed by atoms with Crippen molar-refractivity contribution in [1.82, 2.24) is 4.98 Å². The van der Waals surface area contributed by atoms with Crippen molar-refractivity contribution in [3.8, 4) is 11.5 Å². The fourth-order valence-electron chi connectivity index (χ4n) is 1.58. The molecule has 108 valence electrons. The summed E-state index contributed by atoms with van der Waals surface area (Å²) >= 11 is 5.90. The Morgan fingerprint density at radius 3 is 2.67 bits per heavy atom. The van der Waals surface area contributed by atoms with Crippen LogP contribution in [-0.4, -0.2) is 21.0 Å². The number of non-ortho nitro benzene ring substituents is 1. The highest BCUT2D eigenvalue weighted by Crippen LogP contribution is 2.33. The normalized spacial score (nSPS) is 10.2. The van der Waals surface area contributed by atoms with Crippen LogP contribution in [0.5, 0.6) is 11.5 Å². The van der Waals surface area contributed by atoms with Crippen LogP contribution in [-0.2, 0) is 0 Å². The molecule has 0 unspecified atom stereocenters. The molecular weight excluding hydrogens is 300 g/mol. The van der Waals surface area contributed by atoms with Crippen molar-refractivity contribution in [2.24, 2.45) is 0 Å². The first-order chi connectivity index (χ1) is 9.88. The molecule has 1 aromatic heterocycles. The van der Waals surface area contributed by atoms with E-state index in [9.17, 15) is 14.9 Å². The lowest BCUT2D eigenvalue weighted by molar-refractivity contribution is -0.384. The lowest BCUT2D eigenvalue weighted by Gasteiger charge is -2.10. The quantitative estimate of drug-likeness (QED) is 0.685. The number of carboxylic acid groups (broad SMARTS) is 1. The van der Waals surface area contributed by atoms with E-state index in [1.165, 1.54) is 24.4 Å². The summed E-state index contributed by atoms with van der Waals surface area (Å²) < 4.78 is 5.44. The van der Waals surface area contributed by atoms with Gasteiger partial charge in [-0.15, -0.1) is 0 Å². The van der Waals surface area contributed by atoms with Crippen LogP contribution in [0.2, 0.25) is 5.02 Å². The summed E-state index contributed by atoms with van der Waals surface area (Å²) in [4.78, 5) is 25.0. The van der Waals surface area contributed by atoms with Gasteiger partial charge in [0, 0.05) is 30.1 Å². The number of benzene rings is 1. The Labute approximate surface area is 123 Å². The molecule has 8 heteroatoms. The van der Waals surface area contributed by atoms with Gasteiger partial charge in [-0.2, -0.15) is 0 Å². The number of hydrogen-bond donors (Lipinski definition) is 1. The molecule has 0 fully saturated rings. The summed E-state index contributed by atoms with van der Waals surface area (Å²) in [6.07, 6.45) is 1.17. The highest BCUT2D eigenvalue weighted by atomic mass is 35.5. The lowest BCUT2D eigenvalue weighted by Crippen LogP contribution is -2.02. The molecule has 0 radical (unpaired) electrons. The van der Waals surface area contributed by atoms with Gasteiger partial charge >= 0.3 is 5.97 Å². The van der Waals surface area contributed by atoms with Gasteiger partial charge < -0.3 is 9.84 Å². The van der Waals surface area contributed by atoms with Crippen molar-refractivity contribution in [1.29, 1.82) is 0 Å². The van der Waals surface area contributed by atoms with Gasteiger partial charge in [0.05, 0.1) is 9.95 Å². The molecule has 2 aromatic rings. The van der Waals surface area contributed by atoms with E-state index in [-0.39, 0.29) is 27.8 Å². The number of aromatic carboxylic acids is 1. The first kappa shape index (κ1) is 14.7. The number of nitrogens with zero attached hydrogens (tertiary/aromatic N) is 2. The van der Waals surface area contributed by atoms with Crippen LogP contribution in [0.25, 0.3) is 0 Å². The van der Waals surface area contributed by atoms with Crippen molar-refractivity contribution >= 4 is 23.3 Å². The lowest BCUT2D eigenvalue weighted by atomic mass is 10.2. The van der Waals surface area contributed by atoms with Gasteiger partial charge in [0.1, 0.15) is 17.1 Å². The molecule has 2 rings (SSSR count). The molecule has 0 aliphatic rings. The van der Waals surface area contributed by atoms with Crippen LogP contribution in [0.3, 0.4) is 0 Å². The summed E-state index contributed by atoms with van der Waals surface area (Å²) in [5.74, 6) is -1.02. The zero-order chi connectivity index (χ0) is 15.6. The van der Waals surface area contributed by atoms with E-state index >= 15 is 0 Å². The Morgan fingerprint density at radius 2 is 2.10 bits per heavy atom. The molecule has 0 aliphatic heterocycles. The average molecular weight is 309 g/mol. The van der Waals surface area contributed by atoms with Crippen LogP contribution < -0.4 is 4.74 Å². The van der Waals surface area contributed by atoms with Crippen molar-refractivity contribution < 1.29 is 19.6 Å². The summed E-state index contributed by atoms with van der Waals surface area (Å²) in [7, 11) is 0. The molecule has 21 heavy (non-hydrogen) atoms. The second-order valence-electron chi connectivity index (χ2n) is 4.10. The zero-order valence-electron chi connectivity index (χ0n) is 10.7. The Hall–Kier alpha value is -2.67. The van der Waals surface area contributed by atoms with Crippen molar-refractivity contribution in [2.75, 3.05) is 0 Å². The number of carbonyl (C=O) groups is 1. The topological polar surface area (TPSA) is 103 Å². The third kappa shape index (κ3) is 3.26. The molecule has 0 saturated heterocycles. The van der Waals surface area contributed by atoms with Gasteiger partial charge in [0.2, 0.25) is 0 Å². The van der Waals surface area contributed by atoms with Gasteiger partial charge in [0.25, 0.3) is 5.69 Å². The van der Waals surface area contributed by atoms with E-state index in [1.54, 1.807) is 6.92 Å². The van der Waals surface area contributed by atoms with Gasteiger partial charge in [-0.25, -0.2) is 4.79 Å². The number of halogens is 1. The number of rotatable bonds is 4. The molecule has 0 aliphatic carbocycles. The zero-order valence-corrected chi connectivity index (χ0v) is 11.5. The van der Waals surface area contributed by atoms with E-state index in [2.05, 4.69) is 4.98 Å². The number of nitro benzene ring substituents is 1. The minimum Gasteiger partial charge on any atom is -0.477 e. The average Bonchev–Trinajstić information content (AvgIpc) is 2.40. The fraction of sp³-hybridized carbons (Fsp3) is 0.0769. The molecule has 0 atom stereocenters. The molecule has 1 N–H and O–H groups in total. The van der Waals surface area contributed by atoms with Gasteiger partial charge in [-0.3, -0.25) is 15.1 Å². The van der Waals surface area contributed by atoms with Crippen LogP contribution in [0.15, 0.2) is 30.5 Å². The second-order valence-corrected chi connectivity index (χ2v) is 4.51. The van der Waals surface area contributed by atoms with E-state index in [1.807, 2.05) is 0 Å². The van der Waals surface area contributed by atoms with Gasteiger partial charge in [0.15, 0.2) is 0 Å². The largest absolute Gasteiger partial charge is 0.477 e. The highest BCUT2D eigenvalue weighted by Gasteiger charge is 2.16. The highest BCUT2D eigenvalue weighted by molar-refractivity contribution is 6.32. The van der Waals surface area contributed by atoms with E-state index in [0.717, 1.165) is 6.07 Å². The number of carboxylic acids is 1. The maximum Gasteiger partial charge on any atom is 0.341 e. The number of aryl methyl sites for hydroxylation is 1. The minimum atomic E-state index is -1.20. The molecule has 1 heterocycles. The van der Waals surface area contributed by atoms with Crippen LogP contribution in [0.1, 0.15) is 16.1 Å². The van der Waals surface area contributed by atoms with Crippen molar-refractivity contribution in [3.63, 3.8) is 0 Å². The molecule has 0 saturated carbocycles. The summed E-state index contributed by atoms with van der Waals surface area (Å²) in [6.45, 7) is 1.68. The summed E-state index contributed by atoms with van der Waals surface area (Å²) in [5, 5.41) is 19.7. The van der Waals surface area contributed by atoms with E-state index in [4.69, 9.17) is 21.4 Å². The predicted molar refractivity (Wildman–Crippen MR) is 74.1 cm³/mol. The van der Waals surface area contributed by atoms with Gasteiger partial charge in [-0.05, 0) is 13.0 Å². The minimum absolute atomic E-state index is 0.00926. The standard InChI is InChI=1S/C13H9ClN2O5/c1-7-4-12(9(6-15-7)13(17)18)21-11-3-2-8(16(19)20)5-10(11)14/h2-6H,1H3,(H,17,18). The smallest absolute Gasteiger partial charge is 0.341 e. The van der Waals surface area contributed by atoms with Crippen molar-refractivity contribution in [2.45, 2.75) is 6.92 Å². The summed E-state index contributed by atoms with van der Waals surface area (Å²) in [5.41, 5.74) is 0.250. The molecule has 0 spiro atoms. The van der Waals surface area contributed by atoms with E-state index in [0.29, 0.717) is 5.69 Å². The number of nitro groups is 1. The number of aromatic nitrogens is 1. The summed E-state index contributed by atoms with van der Waals surface area (Å²) in [6, 6.07) is 5.10. The monoisotopic (exact) mass is 308 g/mol.